The summed E-state index contributed by atoms with van der Waals surface area (Å²) < 4.78 is 1.73. The van der Waals surface area contributed by atoms with Gasteiger partial charge in [-0.3, -0.25) is 0 Å². The van der Waals surface area contributed by atoms with E-state index in [1.54, 1.807) is 4.68 Å². The highest BCUT2D eigenvalue weighted by molar-refractivity contribution is 7.14. The van der Waals surface area contributed by atoms with Gasteiger partial charge in [0, 0.05) is 6.20 Å². The zero-order valence-corrected chi connectivity index (χ0v) is 10.4. The number of nitrogens with zero attached hydrogens (tertiary/aromatic N) is 3. The molecule has 0 aliphatic carbocycles. The molecule has 2 aromatic rings. The molecule has 0 atom stereocenters. The van der Waals surface area contributed by atoms with Gasteiger partial charge in [0.1, 0.15) is 5.15 Å². The van der Waals surface area contributed by atoms with Crippen molar-refractivity contribution in [2.45, 2.75) is 19.2 Å². The molecular weight excluding hydrogens is 253 g/mol. The lowest BCUT2D eigenvalue weighted by Crippen LogP contribution is -1.92. The Hall–Kier alpha value is -0.580. The quantitative estimate of drug-likeness (QED) is 0.795. The normalized spacial score (nSPS) is 10.9. The molecule has 0 saturated carbocycles. The van der Waals surface area contributed by atoms with Gasteiger partial charge in [0.05, 0.1) is 17.0 Å². The average molecular weight is 262 g/mol. The Kier molecular flexibility index (Phi) is 3.29. The van der Waals surface area contributed by atoms with Crippen LogP contribution in [-0.4, -0.2) is 14.8 Å². The Balaban J connectivity index is 2.36. The summed E-state index contributed by atoms with van der Waals surface area (Å²) in [6, 6.07) is 0. The summed E-state index contributed by atoms with van der Waals surface area (Å²) in [6.45, 7) is 2.08. The molecule has 0 aliphatic rings. The van der Waals surface area contributed by atoms with E-state index in [-0.39, 0.29) is 0 Å². The SMILES string of the molecule is CCc1cnn(-c2nc(Cl)c(CCl)s2)c1. The second kappa shape index (κ2) is 4.51. The first-order valence-electron chi connectivity index (χ1n) is 4.49. The fourth-order valence-corrected chi connectivity index (χ4v) is 2.56. The Labute approximate surface area is 102 Å². The van der Waals surface area contributed by atoms with Gasteiger partial charge in [-0.15, -0.1) is 11.6 Å². The van der Waals surface area contributed by atoms with E-state index in [1.807, 2.05) is 12.4 Å². The van der Waals surface area contributed by atoms with Crippen LogP contribution < -0.4 is 0 Å². The summed E-state index contributed by atoms with van der Waals surface area (Å²) >= 11 is 13.1. The Bertz CT molecular complexity index is 464. The molecule has 0 aromatic carbocycles. The summed E-state index contributed by atoms with van der Waals surface area (Å²) in [7, 11) is 0. The zero-order valence-electron chi connectivity index (χ0n) is 8.07. The number of aryl methyl sites for hydroxylation is 1. The maximum absolute atomic E-state index is 5.91. The van der Waals surface area contributed by atoms with Crippen LogP contribution in [0.5, 0.6) is 0 Å². The average Bonchev–Trinajstić information content (AvgIpc) is 2.83. The van der Waals surface area contributed by atoms with E-state index in [0.29, 0.717) is 11.0 Å². The molecule has 15 heavy (non-hydrogen) atoms. The molecule has 2 rings (SSSR count). The molecule has 0 N–H and O–H groups in total. The third-order valence-corrected chi connectivity index (χ3v) is 3.90. The molecule has 0 saturated heterocycles. The molecule has 2 heterocycles. The zero-order chi connectivity index (χ0) is 10.8. The topological polar surface area (TPSA) is 30.7 Å². The largest absolute Gasteiger partial charge is 0.213 e. The molecule has 0 bridgehead atoms. The van der Waals surface area contributed by atoms with Crippen LogP contribution in [0.3, 0.4) is 0 Å². The van der Waals surface area contributed by atoms with Crippen LogP contribution in [-0.2, 0) is 12.3 Å². The van der Waals surface area contributed by atoms with Gasteiger partial charge in [0.2, 0.25) is 5.13 Å². The van der Waals surface area contributed by atoms with Gasteiger partial charge in [-0.25, -0.2) is 9.67 Å². The highest BCUT2D eigenvalue weighted by Gasteiger charge is 2.10. The molecule has 0 spiro atoms. The van der Waals surface area contributed by atoms with Crippen molar-refractivity contribution in [1.29, 1.82) is 0 Å². The maximum atomic E-state index is 5.91. The van der Waals surface area contributed by atoms with E-state index < -0.39 is 0 Å². The highest BCUT2D eigenvalue weighted by Crippen LogP contribution is 2.26. The van der Waals surface area contributed by atoms with Gasteiger partial charge in [0.25, 0.3) is 0 Å². The second-order valence-electron chi connectivity index (χ2n) is 2.99. The van der Waals surface area contributed by atoms with E-state index in [9.17, 15) is 0 Å². The lowest BCUT2D eigenvalue weighted by atomic mass is 10.3. The molecule has 2 aromatic heterocycles. The van der Waals surface area contributed by atoms with Gasteiger partial charge in [-0.1, -0.05) is 29.9 Å². The molecule has 80 valence electrons. The molecule has 0 aliphatic heterocycles. The van der Waals surface area contributed by atoms with Gasteiger partial charge >= 0.3 is 0 Å². The Morgan fingerprint density at radius 3 is 2.87 bits per heavy atom. The monoisotopic (exact) mass is 261 g/mol. The number of alkyl halides is 1. The first kappa shape index (κ1) is 10.9. The van der Waals surface area contributed by atoms with Crippen molar-refractivity contribution in [2.75, 3.05) is 0 Å². The summed E-state index contributed by atoms with van der Waals surface area (Å²) in [5, 5.41) is 5.44. The van der Waals surface area contributed by atoms with Crippen molar-refractivity contribution in [3.8, 4) is 5.13 Å². The summed E-state index contributed by atoms with van der Waals surface area (Å²) in [4.78, 5) is 5.08. The Morgan fingerprint density at radius 1 is 1.53 bits per heavy atom. The van der Waals surface area contributed by atoms with Crippen molar-refractivity contribution in [3.63, 3.8) is 0 Å². The highest BCUT2D eigenvalue weighted by atomic mass is 35.5. The summed E-state index contributed by atoms with van der Waals surface area (Å²) in [5.41, 5.74) is 1.17. The molecule has 0 unspecified atom stereocenters. The third-order valence-electron chi connectivity index (χ3n) is 2.00. The third kappa shape index (κ3) is 2.17. The molecule has 6 heteroatoms. The van der Waals surface area contributed by atoms with Gasteiger partial charge < -0.3 is 0 Å². The van der Waals surface area contributed by atoms with E-state index in [2.05, 4.69) is 17.0 Å². The number of hydrogen-bond donors (Lipinski definition) is 0. The fourth-order valence-electron chi connectivity index (χ4n) is 1.15. The van der Waals surface area contributed by atoms with Crippen LogP contribution in [0, 0.1) is 0 Å². The number of aromatic nitrogens is 3. The van der Waals surface area contributed by atoms with Crippen LogP contribution in [0.15, 0.2) is 12.4 Å². The maximum Gasteiger partial charge on any atom is 0.212 e. The minimum absolute atomic E-state index is 0.387. The van der Waals surface area contributed by atoms with Crippen molar-refractivity contribution in [2.24, 2.45) is 0 Å². The van der Waals surface area contributed by atoms with E-state index >= 15 is 0 Å². The standard InChI is InChI=1S/C9H9Cl2N3S/c1-2-6-4-12-14(5-6)9-13-8(11)7(3-10)15-9/h4-5H,2-3H2,1H3. The van der Waals surface area contributed by atoms with Crippen molar-refractivity contribution >= 4 is 34.5 Å². The van der Waals surface area contributed by atoms with Gasteiger partial charge in [0.15, 0.2) is 0 Å². The van der Waals surface area contributed by atoms with E-state index in [0.717, 1.165) is 16.4 Å². The van der Waals surface area contributed by atoms with Crippen LogP contribution in [0.4, 0.5) is 0 Å². The minimum atomic E-state index is 0.387. The lowest BCUT2D eigenvalue weighted by molar-refractivity contribution is 0.869. The molecule has 0 radical (unpaired) electrons. The second-order valence-corrected chi connectivity index (χ2v) is 4.68. The van der Waals surface area contributed by atoms with Crippen LogP contribution in [0.25, 0.3) is 5.13 Å². The predicted molar refractivity (Wildman–Crippen MR) is 63.2 cm³/mol. The van der Waals surface area contributed by atoms with Crippen molar-refractivity contribution < 1.29 is 0 Å². The smallest absolute Gasteiger partial charge is 0.212 e. The Morgan fingerprint density at radius 2 is 2.33 bits per heavy atom. The molecule has 0 fully saturated rings. The number of thiazole rings is 1. The molecule has 0 amide bonds. The summed E-state index contributed by atoms with van der Waals surface area (Å²) in [6.07, 6.45) is 4.74. The predicted octanol–water partition coefficient (Wildman–Crippen LogP) is 3.28. The fraction of sp³-hybridized carbons (Fsp3) is 0.333. The van der Waals surface area contributed by atoms with Crippen LogP contribution in [0.2, 0.25) is 5.15 Å². The van der Waals surface area contributed by atoms with Crippen molar-refractivity contribution in [1.82, 2.24) is 14.8 Å². The first-order valence-corrected chi connectivity index (χ1v) is 6.22. The number of halogens is 2. The lowest BCUT2D eigenvalue weighted by Gasteiger charge is -1.91. The van der Waals surface area contributed by atoms with Gasteiger partial charge in [-0.2, -0.15) is 5.10 Å². The first-order chi connectivity index (χ1) is 7.24. The van der Waals surface area contributed by atoms with Crippen LogP contribution in [0.1, 0.15) is 17.4 Å². The van der Waals surface area contributed by atoms with E-state index in [4.69, 9.17) is 23.2 Å². The van der Waals surface area contributed by atoms with E-state index in [1.165, 1.54) is 16.9 Å². The van der Waals surface area contributed by atoms with Crippen molar-refractivity contribution in [3.05, 3.63) is 28.0 Å². The molecule has 3 nitrogen and oxygen atoms in total. The molecular formula is C9H9Cl2N3S. The number of hydrogen-bond acceptors (Lipinski definition) is 3. The van der Waals surface area contributed by atoms with Gasteiger partial charge in [-0.05, 0) is 12.0 Å². The number of rotatable bonds is 3. The van der Waals surface area contributed by atoms with Crippen LogP contribution >= 0.6 is 34.5 Å². The summed E-state index contributed by atoms with van der Waals surface area (Å²) in [5.74, 6) is 0.387. The minimum Gasteiger partial charge on any atom is -0.213 e.